The van der Waals surface area contributed by atoms with Gasteiger partial charge in [-0.25, -0.2) is 0 Å². The van der Waals surface area contributed by atoms with Crippen LogP contribution in [0.3, 0.4) is 0 Å². The van der Waals surface area contributed by atoms with Crippen LogP contribution in [-0.2, 0) is 4.74 Å². The summed E-state index contributed by atoms with van der Waals surface area (Å²) in [5, 5.41) is 0. The highest BCUT2D eigenvalue weighted by molar-refractivity contribution is 4.69. The van der Waals surface area contributed by atoms with Crippen molar-refractivity contribution in [1.29, 1.82) is 0 Å². The molecule has 0 saturated heterocycles. The van der Waals surface area contributed by atoms with E-state index in [-0.39, 0.29) is 0 Å². The van der Waals surface area contributed by atoms with E-state index in [1.165, 1.54) is 25.7 Å². The lowest BCUT2D eigenvalue weighted by atomic mass is 9.83. The smallest absolute Gasteiger partial charge is 0.0490 e. The molecule has 0 aromatic carbocycles. The van der Waals surface area contributed by atoms with Crippen molar-refractivity contribution in [1.82, 2.24) is 0 Å². The van der Waals surface area contributed by atoms with Crippen LogP contribution in [0.5, 0.6) is 0 Å². The predicted octanol–water partition coefficient (Wildman–Crippen LogP) is 3.49. The Bertz CT molecular complexity index is 89.0. The maximum absolute atomic E-state index is 5.13. The first kappa shape index (κ1) is 12.0. The molecule has 0 aromatic heterocycles. The van der Waals surface area contributed by atoms with Crippen LogP contribution in [0, 0.1) is 11.8 Å². The third kappa shape index (κ3) is 4.76. The summed E-state index contributed by atoms with van der Waals surface area (Å²) in [5.74, 6) is 1.79. The van der Waals surface area contributed by atoms with Crippen LogP contribution in [-0.4, -0.2) is 13.7 Å². The molecule has 1 aliphatic rings. The molecule has 2 atom stereocenters. The molecule has 12 heavy (non-hydrogen) atoms. The second-order valence-corrected chi connectivity index (χ2v) is 3.59. The van der Waals surface area contributed by atoms with Crippen molar-refractivity contribution in [3.8, 4) is 0 Å². The zero-order valence-electron chi connectivity index (χ0n) is 9.10. The molecule has 0 bridgehead atoms. The van der Waals surface area contributed by atoms with Crippen LogP contribution in [0.4, 0.5) is 0 Å². The summed E-state index contributed by atoms with van der Waals surface area (Å²) in [6.45, 7) is 7.33. The first-order valence-corrected chi connectivity index (χ1v) is 5.32. The Morgan fingerprint density at radius 2 is 1.92 bits per heavy atom. The van der Waals surface area contributed by atoms with Gasteiger partial charge >= 0.3 is 0 Å². The fourth-order valence-electron chi connectivity index (χ4n) is 1.95. The lowest BCUT2D eigenvalue weighted by Crippen LogP contribution is -2.17. The van der Waals surface area contributed by atoms with Crippen LogP contribution in [0.15, 0.2) is 0 Å². The van der Waals surface area contributed by atoms with E-state index in [1.54, 1.807) is 7.11 Å². The van der Waals surface area contributed by atoms with Gasteiger partial charge in [-0.2, -0.15) is 0 Å². The fourth-order valence-corrected chi connectivity index (χ4v) is 1.95. The molecule has 0 N–H and O–H groups in total. The molecule has 1 fully saturated rings. The second-order valence-electron chi connectivity index (χ2n) is 3.59. The molecule has 0 aromatic rings. The van der Waals surface area contributed by atoms with Gasteiger partial charge in [-0.3, -0.25) is 0 Å². The van der Waals surface area contributed by atoms with Gasteiger partial charge in [-0.15, -0.1) is 0 Å². The summed E-state index contributed by atoms with van der Waals surface area (Å²) in [4.78, 5) is 0. The van der Waals surface area contributed by atoms with Gasteiger partial charge in [0.1, 0.15) is 0 Å². The molecule has 0 radical (unpaired) electrons. The molecule has 74 valence electrons. The van der Waals surface area contributed by atoms with Crippen LogP contribution < -0.4 is 0 Å². The molecule has 0 amide bonds. The Hall–Kier alpha value is -0.0400. The van der Waals surface area contributed by atoms with Gasteiger partial charge in [-0.05, 0) is 24.7 Å². The van der Waals surface area contributed by atoms with Gasteiger partial charge < -0.3 is 4.74 Å². The number of hydrogen-bond acceptors (Lipinski definition) is 1. The number of hydrogen-bond donors (Lipinski definition) is 0. The van der Waals surface area contributed by atoms with E-state index >= 15 is 0 Å². The van der Waals surface area contributed by atoms with Crippen LogP contribution in [0.25, 0.3) is 0 Å². The summed E-state index contributed by atoms with van der Waals surface area (Å²) < 4.78 is 5.13. The molecule has 0 unspecified atom stereocenters. The van der Waals surface area contributed by atoms with Crippen molar-refractivity contribution in [2.24, 2.45) is 11.8 Å². The zero-order valence-corrected chi connectivity index (χ0v) is 9.10. The van der Waals surface area contributed by atoms with E-state index in [0.717, 1.165) is 18.4 Å². The maximum atomic E-state index is 5.13. The molecule has 0 heterocycles. The van der Waals surface area contributed by atoms with Crippen LogP contribution in [0.1, 0.15) is 46.5 Å². The average Bonchev–Trinajstić information content (AvgIpc) is 2.09. The molecule has 1 aliphatic carbocycles. The minimum Gasteiger partial charge on any atom is -0.384 e. The van der Waals surface area contributed by atoms with Crippen LogP contribution in [0.2, 0.25) is 0 Å². The Morgan fingerprint density at radius 1 is 1.25 bits per heavy atom. The Labute approximate surface area is 77.5 Å². The van der Waals surface area contributed by atoms with Crippen molar-refractivity contribution < 1.29 is 4.74 Å². The first-order chi connectivity index (χ1) is 5.83. The summed E-state index contributed by atoms with van der Waals surface area (Å²) >= 11 is 0. The summed E-state index contributed by atoms with van der Waals surface area (Å²) in [5.41, 5.74) is 0. The van der Waals surface area contributed by atoms with Gasteiger partial charge in [0.2, 0.25) is 0 Å². The predicted molar refractivity (Wildman–Crippen MR) is 54.3 cm³/mol. The number of ether oxygens (including phenoxy) is 1. The number of rotatable bonds is 2. The summed E-state index contributed by atoms with van der Waals surface area (Å²) in [6, 6.07) is 0. The topological polar surface area (TPSA) is 9.23 Å². The van der Waals surface area contributed by atoms with Gasteiger partial charge in [0.05, 0.1) is 0 Å². The molecule has 1 heteroatoms. The average molecular weight is 172 g/mol. The normalized spacial score (nSPS) is 29.0. The molecule has 1 rings (SSSR count). The first-order valence-electron chi connectivity index (χ1n) is 5.32. The highest BCUT2D eigenvalue weighted by Gasteiger charge is 2.17. The van der Waals surface area contributed by atoms with E-state index in [9.17, 15) is 0 Å². The third-order valence-corrected chi connectivity index (χ3v) is 2.45. The largest absolute Gasteiger partial charge is 0.384 e. The van der Waals surface area contributed by atoms with E-state index in [0.29, 0.717) is 0 Å². The second kappa shape index (κ2) is 7.60. The maximum Gasteiger partial charge on any atom is 0.0490 e. The van der Waals surface area contributed by atoms with Crippen LogP contribution >= 0.6 is 0 Å². The van der Waals surface area contributed by atoms with Crippen molar-refractivity contribution in [2.45, 2.75) is 46.5 Å². The zero-order chi connectivity index (χ0) is 9.40. The van der Waals surface area contributed by atoms with Crippen molar-refractivity contribution in [3.05, 3.63) is 0 Å². The lowest BCUT2D eigenvalue weighted by Gasteiger charge is -2.25. The van der Waals surface area contributed by atoms with Gasteiger partial charge in [-0.1, -0.05) is 33.6 Å². The fraction of sp³-hybridized carbons (Fsp3) is 1.00. The Balaban J connectivity index is 0.000000561. The standard InChI is InChI=1S/C9H18O.C2H6/c1-8-4-3-5-9(6-8)7-10-2;1-2/h8-9H,3-7H2,1-2H3;1-2H3/t8-,9+;/m1./s1. The van der Waals surface area contributed by atoms with E-state index < -0.39 is 0 Å². The SMILES string of the molecule is CC.COC[C@H]1CCC[C@@H](C)C1. The van der Waals surface area contributed by atoms with Crippen molar-refractivity contribution >= 4 is 0 Å². The minimum absolute atomic E-state index is 0.855. The lowest BCUT2D eigenvalue weighted by molar-refractivity contribution is 0.117. The Morgan fingerprint density at radius 3 is 2.42 bits per heavy atom. The van der Waals surface area contributed by atoms with E-state index in [4.69, 9.17) is 4.74 Å². The summed E-state index contributed by atoms with van der Waals surface area (Å²) in [6.07, 6.45) is 5.61. The molecular formula is C11H24O. The molecule has 0 aliphatic heterocycles. The van der Waals surface area contributed by atoms with E-state index in [1.807, 2.05) is 13.8 Å². The third-order valence-electron chi connectivity index (χ3n) is 2.45. The highest BCUT2D eigenvalue weighted by Crippen LogP contribution is 2.28. The molecular weight excluding hydrogens is 148 g/mol. The van der Waals surface area contributed by atoms with E-state index in [2.05, 4.69) is 6.92 Å². The number of methoxy groups -OCH3 is 1. The summed E-state index contributed by atoms with van der Waals surface area (Å²) in [7, 11) is 1.80. The van der Waals surface area contributed by atoms with Gasteiger partial charge in [0.25, 0.3) is 0 Å². The minimum atomic E-state index is 0.855. The highest BCUT2D eigenvalue weighted by atomic mass is 16.5. The quantitative estimate of drug-likeness (QED) is 0.619. The molecule has 1 nitrogen and oxygen atoms in total. The van der Waals surface area contributed by atoms with Gasteiger partial charge in [0.15, 0.2) is 0 Å². The van der Waals surface area contributed by atoms with Gasteiger partial charge in [0, 0.05) is 13.7 Å². The molecule has 1 saturated carbocycles. The van der Waals surface area contributed by atoms with Crippen molar-refractivity contribution in [2.75, 3.05) is 13.7 Å². The van der Waals surface area contributed by atoms with Crippen molar-refractivity contribution in [3.63, 3.8) is 0 Å². The Kier molecular flexibility index (Phi) is 7.58. The monoisotopic (exact) mass is 172 g/mol. The molecule has 0 spiro atoms.